The summed E-state index contributed by atoms with van der Waals surface area (Å²) in [4.78, 5) is 70.4. The Labute approximate surface area is 189 Å². The monoisotopic (exact) mass is 476 g/mol. The van der Waals surface area contributed by atoms with Crippen LogP contribution in [0.15, 0.2) is 0 Å². The van der Waals surface area contributed by atoms with Crippen LogP contribution < -0.4 is 21.7 Å². The van der Waals surface area contributed by atoms with Crippen LogP contribution in [-0.4, -0.2) is 86.8 Å². The first kappa shape index (κ1) is 29.7. The lowest BCUT2D eigenvalue weighted by molar-refractivity contribution is -0.144. The summed E-state index contributed by atoms with van der Waals surface area (Å²) in [5.41, 5.74) is 5.44. The summed E-state index contributed by atoms with van der Waals surface area (Å²) in [5, 5.41) is 42.6. The van der Waals surface area contributed by atoms with Gasteiger partial charge in [-0.05, 0) is 25.2 Å². The zero-order chi connectivity index (χ0) is 25.7. The number of amides is 3. The van der Waals surface area contributed by atoms with E-state index in [1.807, 2.05) is 0 Å². The fraction of sp³-hybridized carbons (Fsp3) is 0.684. The third-order valence-corrected chi connectivity index (χ3v) is 4.41. The largest absolute Gasteiger partial charge is 0.481 e. The number of hydrogen-bond acceptors (Lipinski definition) is 8. The van der Waals surface area contributed by atoms with Gasteiger partial charge in [0.1, 0.15) is 24.2 Å². The van der Waals surface area contributed by atoms with Gasteiger partial charge in [0.15, 0.2) is 0 Å². The predicted molar refractivity (Wildman–Crippen MR) is 112 cm³/mol. The number of aliphatic hydroxyl groups excluding tert-OH is 1. The van der Waals surface area contributed by atoms with Crippen LogP contribution >= 0.6 is 0 Å². The second-order valence-corrected chi connectivity index (χ2v) is 7.81. The molecule has 9 N–H and O–H groups in total. The molecule has 0 saturated heterocycles. The van der Waals surface area contributed by atoms with Crippen molar-refractivity contribution in [1.82, 2.24) is 16.0 Å². The molecule has 3 amide bonds. The highest BCUT2D eigenvalue weighted by molar-refractivity contribution is 5.94. The lowest BCUT2D eigenvalue weighted by Gasteiger charge is -2.25. The summed E-state index contributed by atoms with van der Waals surface area (Å²) < 4.78 is 0. The molecule has 0 aromatic carbocycles. The van der Waals surface area contributed by atoms with Gasteiger partial charge in [-0.15, -0.1) is 0 Å². The summed E-state index contributed by atoms with van der Waals surface area (Å²) >= 11 is 0. The maximum absolute atomic E-state index is 12.8. The summed E-state index contributed by atoms with van der Waals surface area (Å²) in [6.07, 6.45) is -1.78. The van der Waals surface area contributed by atoms with Gasteiger partial charge in [0.25, 0.3) is 0 Å². The zero-order valence-corrected chi connectivity index (χ0v) is 18.4. The van der Waals surface area contributed by atoms with E-state index >= 15 is 0 Å². The van der Waals surface area contributed by atoms with Crippen LogP contribution in [0.25, 0.3) is 0 Å². The average Bonchev–Trinajstić information content (AvgIpc) is 2.71. The minimum Gasteiger partial charge on any atom is -0.481 e. The number of nitrogens with two attached hydrogens (primary N) is 1. The molecule has 0 bridgehead atoms. The lowest BCUT2D eigenvalue weighted by Crippen LogP contribution is -2.57. The van der Waals surface area contributed by atoms with Gasteiger partial charge >= 0.3 is 17.9 Å². The molecule has 0 aliphatic carbocycles. The Morgan fingerprint density at radius 2 is 1.15 bits per heavy atom. The third kappa shape index (κ3) is 12.4. The smallest absolute Gasteiger partial charge is 0.326 e. The number of aliphatic hydroxyl groups is 1. The molecule has 4 atom stereocenters. The van der Waals surface area contributed by atoms with E-state index in [9.17, 15) is 33.9 Å². The van der Waals surface area contributed by atoms with Crippen LogP contribution in [0.2, 0.25) is 0 Å². The summed E-state index contributed by atoms with van der Waals surface area (Å²) in [6, 6.07) is -5.51. The van der Waals surface area contributed by atoms with Crippen molar-refractivity contribution in [2.75, 3.05) is 6.61 Å². The second-order valence-electron chi connectivity index (χ2n) is 7.81. The molecule has 0 aromatic heterocycles. The summed E-state index contributed by atoms with van der Waals surface area (Å²) in [7, 11) is 0. The Morgan fingerprint density at radius 1 is 0.727 bits per heavy atom. The van der Waals surface area contributed by atoms with Gasteiger partial charge in [-0.25, -0.2) is 4.79 Å². The van der Waals surface area contributed by atoms with E-state index < -0.39 is 92.1 Å². The maximum atomic E-state index is 12.8. The van der Waals surface area contributed by atoms with Crippen molar-refractivity contribution >= 4 is 35.6 Å². The molecular formula is C19H32N4O10. The number of hydrogen-bond donors (Lipinski definition) is 8. The highest BCUT2D eigenvalue weighted by Crippen LogP contribution is 2.08. The van der Waals surface area contributed by atoms with Gasteiger partial charge in [0.05, 0.1) is 6.61 Å². The van der Waals surface area contributed by atoms with E-state index in [2.05, 4.69) is 16.0 Å². The van der Waals surface area contributed by atoms with E-state index in [0.717, 1.165) is 0 Å². The number of carboxylic acids is 3. The molecule has 0 radical (unpaired) electrons. The Hall–Kier alpha value is -3.26. The minimum atomic E-state index is -1.58. The summed E-state index contributed by atoms with van der Waals surface area (Å²) in [6.45, 7) is 2.85. The van der Waals surface area contributed by atoms with Crippen molar-refractivity contribution in [3.05, 3.63) is 0 Å². The Balaban J connectivity index is 5.54. The first-order valence-electron chi connectivity index (χ1n) is 10.2. The molecule has 33 heavy (non-hydrogen) atoms. The first-order valence-corrected chi connectivity index (χ1v) is 10.2. The molecule has 0 saturated carbocycles. The van der Waals surface area contributed by atoms with Gasteiger partial charge < -0.3 is 42.1 Å². The Bertz CT molecular complexity index is 727. The normalized spacial score (nSPS) is 14.5. The molecule has 0 spiro atoms. The third-order valence-electron chi connectivity index (χ3n) is 4.41. The van der Waals surface area contributed by atoms with Gasteiger partial charge in [-0.2, -0.15) is 0 Å². The quantitative estimate of drug-likeness (QED) is 0.117. The van der Waals surface area contributed by atoms with Crippen molar-refractivity contribution in [3.8, 4) is 0 Å². The van der Waals surface area contributed by atoms with Crippen LogP contribution in [0.3, 0.4) is 0 Å². The van der Waals surface area contributed by atoms with Crippen LogP contribution in [0.1, 0.15) is 46.0 Å². The number of carbonyl (C=O) groups is 6. The fourth-order valence-corrected chi connectivity index (χ4v) is 2.67. The van der Waals surface area contributed by atoms with E-state index in [1.54, 1.807) is 13.8 Å². The highest BCUT2D eigenvalue weighted by atomic mass is 16.4. The number of nitrogens with one attached hydrogen (secondary N) is 3. The molecule has 14 heteroatoms. The highest BCUT2D eigenvalue weighted by Gasteiger charge is 2.31. The van der Waals surface area contributed by atoms with Gasteiger partial charge in [-0.3, -0.25) is 24.0 Å². The molecule has 0 heterocycles. The van der Waals surface area contributed by atoms with Gasteiger partial charge in [0, 0.05) is 12.8 Å². The number of rotatable bonds is 16. The predicted octanol–water partition coefficient (Wildman–Crippen LogP) is -2.38. The number of carbonyl (C=O) groups excluding carboxylic acids is 3. The van der Waals surface area contributed by atoms with Crippen molar-refractivity contribution in [2.45, 2.75) is 70.1 Å². The molecule has 0 fully saturated rings. The van der Waals surface area contributed by atoms with Crippen molar-refractivity contribution in [2.24, 2.45) is 11.7 Å². The van der Waals surface area contributed by atoms with E-state index in [1.165, 1.54) is 0 Å². The molecule has 4 unspecified atom stereocenters. The van der Waals surface area contributed by atoms with E-state index in [0.29, 0.717) is 0 Å². The molecule has 0 aromatic rings. The Morgan fingerprint density at radius 3 is 1.58 bits per heavy atom. The van der Waals surface area contributed by atoms with Crippen LogP contribution in [0, 0.1) is 5.92 Å². The van der Waals surface area contributed by atoms with Crippen LogP contribution in [0.5, 0.6) is 0 Å². The molecule has 0 aliphatic heterocycles. The molecular weight excluding hydrogens is 444 g/mol. The van der Waals surface area contributed by atoms with Crippen LogP contribution in [0.4, 0.5) is 0 Å². The lowest BCUT2D eigenvalue weighted by atomic mass is 10.0. The average molecular weight is 476 g/mol. The molecule has 188 valence electrons. The molecule has 14 nitrogen and oxygen atoms in total. The van der Waals surface area contributed by atoms with Crippen molar-refractivity contribution < 1.29 is 49.2 Å². The van der Waals surface area contributed by atoms with E-state index in [-0.39, 0.29) is 12.3 Å². The molecule has 0 rings (SSSR count). The minimum absolute atomic E-state index is 0.0925. The fourth-order valence-electron chi connectivity index (χ4n) is 2.67. The zero-order valence-electron chi connectivity index (χ0n) is 18.4. The van der Waals surface area contributed by atoms with E-state index in [4.69, 9.17) is 21.1 Å². The van der Waals surface area contributed by atoms with Gasteiger partial charge in [-0.1, -0.05) is 13.8 Å². The topological polar surface area (TPSA) is 245 Å². The summed E-state index contributed by atoms with van der Waals surface area (Å²) in [5.74, 6) is -6.83. The van der Waals surface area contributed by atoms with Crippen LogP contribution in [-0.2, 0) is 28.8 Å². The SMILES string of the molecule is CC(C)CC(NC(=O)C(N)CO)C(=O)NC(CCC(=O)O)C(=O)NC(CCC(=O)O)C(=O)O. The van der Waals surface area contributed by atoms with Gasteiger partial charge in [0.2, 0.25) is 17.7 Å². The standard InChI is InChI=1S/C19H32N4O10/c1-9(2)7-13(23-16(29)10(20)8-24)18(31)21-11(3-5-14(25)26)17(30)22-12(19(32)33)4-6-15(27)28/h9-13,24H,3-8,20H2,1-2H3,(H,21,31)(H,22,30)(H,23,29)(H,25,26)(H,27,28)(H,32,33). The molecule has 0 aliphatic rings. The van der Waals surface area contributed by atoms with Crippen molar-refractivity contribution in [3.63, 3.8) is 0 Å². The number of carboxylic acid groups (broad SMARTS) is 3. The maximum Gasteiger partial charge on any atom is 0.326 e. The van der Waals surface area contributed by atoms with Crippen molar-refractivity contribution in [1.29, 1.82) is 0 Å². The number of aliphatic carboxylic acids is 3. The Kier molecular flexibility index (Phi) is 13.3. The second kappa shape index (κ2) is 14.7. The first-order chi connectivity index (χ1) is 15.3.